The quantitative estimate of drug-likeness (QED) is 0.504. The number of carbonyl (C=O) groups is 3. The molecule has 0 heterocycles. The lowest BCUT2D eigenvalue weighted by atomic mass is 10.1. The molecule has 0 saturated carbocycles. The summed E-state index contributed by atoms with van der Waals surface area (Å²) in [7, 11) is 0. The van der Waals surface area contributed by atoms with E-state index in [9.17, 15) is 18.8 Å². The van der Waals surface area contributed by atoms with E-state index in [0.717, 1.165) is 0 Å². The van der Waals surface area contributed by atoms with Crippen LogP contribution in [0.2, 0.25) is 0 Å². The molecular formula is C26H25FN2O4. The van der Waals surface area contributed by atoms with E-state index in [1.54, 1.807) is 79.7 Å². The average molecular weight is 448 g/mol. The van der Waals surface area contributed by atoms with Crippen molar-refractivity contribution in [2.75, 3.05) is 13.2 Å². The summed E-state index contributed by atoms with van der Waals surface area (Å²) in [5.41, 5.74) is 1.56. The summed E-state index contributed by atoms with van der Waals surface area (Å²) in [6.45, 7) is 1.84. The Morgan fingerprint density at radius 2 is 1.61 bits per heavy atom. The second-order valence-corrected chi connectivity index (χ2v) is 7.33. The first-order chi connectivity index (χ1) is 16.0. The highest BCUT2D eigenvalue weighted by atomic mass is 19.1. The van der Waals surface area contributed by atoms with Crippen molar-refractivity contribution in [1.82, 2.24) is 10.2 Å². The molecule has 1 N–H and O–H groups in total. The van der Waals surface area contributed by atoms with Crippen LogP contribution >= 0.6 is 0 Å². The Kier molecular flexibility index (Phi) is 8.30. The molecule has 1 unspecified atom stereocenters. The van der Waals surface area contributed by atoms with Crippen LogP contribution in [0, 0.1) is 5.82 Å². The number of hydrogen-bond acceptors (Lipinski definition) is 4. The number of likely N-dealkylation sites (N-methyl/N-ethyl adjacent to an activating group) is 1. The maximum atomic E-state index is 13.4. The third-order valence-corrected chi connectivity index (χ3v) is 5.01. The number of halogens is 1. The first-order valence-corrected chi connectivity index (χ1v) is 10.6. The third kappa shape index (κ3) is 6.74. The monoisotopic (exact) mass is 448 g/mol. The number of esters is 1. The SMILES string of the molecule is CCN(Cc1cccc(F)c1)C(=O)COC(=O)C(NC(=O)c1ccccc1)c1ccccc1. The minimum absolute atomic E-state index is 0.192. The second-order valence-electron chi connectivity index (χ2n) is 7.33. The molecule has 2 amide bonds. The summed E-state index contributed by atoms with van der Waals surface area (Å²) in [6, 6.07) is 22.1. The maximum absolute atomic E-state index is 13.4. The normalized spacial score (nSPS) is 11.3. The lowest BCUT2D eigenvalue weighted by Crippen LogP contribution is -2.38. The van der Waals surface area contributed by atoms with Crippen molar-refractivity contribution in [3.8, 4) is 0 Å². The zero-order valence-corrected chi connectivity index (χ0v) is 18.2. The van der Waals surface area contributed by atoms with Gasteiger partial charge in [-0.2, -0.15) is 0 Å². The highest BCUT2D eigenvalue weighted by molar-refractivity contribution is 5.97. The summed E-state index contributed by atoms with van der Waals surface area (Å²) in [4.78, 5) is 39.6. The Labute approximate surface area is 192 Å². The van der Waals surface area contributed by atoms with Crippen LogP contribution in [0.15, 0.2) is 84.9 Å². The molecule has 0 fully saturated rings. The van der Waals surface area contributed by atoms with Gasteiger partial charge in [0, 0.05) is 18.7 Å². The van der Waals surface area contributed by atoms with Crippen LogP contribution in [-0.2, 0) is 20.9 Å². The summed E-state index contributed by atoms with van der Waals surface area (Å²) in [6.07, 6.45) is 0. The fourth-order valence-corrected chi connectivity index (χ4v) is 3.27. The molecule has 3 aromatic rings. The largest absolute Gasteiger partial charge is 0.454 e. The van der Waals surface area contributed by atoms with Crippen molar-refractivity contribution < 1.29 is 23.5 Å². The van der Waals surface area contributed by atoms with E-state index < -0.39 is 30.4 Å². The van der Waals surface area contributed by atoms with Gasteiger partial charge in [0.05, 0.1) is 0 Å². The standard InChI is InChI=1S/C26H25FN2O4/c1-2-29(17-19-10-9-15-22(27)16-19)23(30)18-33-26(32)24(20-11-5-3-6-12-20)28-25(31)21-13-7-4-8-14-21/h3-16,24H,2,17-18H2,1H3,(H,28,31). The molecule has 0 radical (unpaired) electrons. The van der Waals surface area contributed by atoms with E-state index >= 15 is 0 Å². The number of carbonyl (C=O) groups excluding carboxylic acids is 3. The molecule has 0 spiro atoms. The number of rotatable bonds is 9. The number of amides is 2. The van der Waals surface area contributed by atoms with E-state index in [0.29, 0.717) is 23.2 Å². The number of benzene rings is 3. The fraction of sp³-hybridized carbons (Fsp3) is 0.192. The molecule has 0 aliphatic carbocycles. The molecule has 0 bridgehead atoms. The summed E-state index contributed by atoms with van der Waals surface area (Å²) in [5, 5.41) is 2.68. The van der Waals surface area contributed by atoms with E-state index in [4.69, 9.17) is 4.74 Å². The lowest BCUT2D eigenvalue weighted by molar-refractivity contribution is -0.154. The van der Waals surface area contributed by atoms with Crippen LogP contribution in [0.5, 0.6) is 0 Å². The first kappa shape index (κ1) is 23.7. The molecule has 3 rings (SSSR count). The fourth-order valence-electron chi connectivity index (χ4n) is 3.27. The van der Waals surface area contributed by atoms with Gasteiger partial charge in [-0.15, -0.1) is 0 Å². The number of ether oxygens (including phenoxy) is 1. The van der Waals surface area contributed by atoms with E-state index in [-0.39, 0.29) is 12.4 Å². The van der Waals surface area contributed by atoms with Gasteiger partial charge >= 0.3 is 5.97 Å². The van der Waals surface area contributed by atoms with Crippen molar-refractivity contribution >= 4 is 17.8 Å². The van der Waals surface area contributed by atoms with Crippen molar-refractivity contribution in [1.29, 1.82) is 0 Å². The predicted molar refractivity (Wildman–Crippen MR) is 122 cm³/mol. The molecule has 0 aliphatic rings. The Hall–Kier alpha value is -4.00. The topological polar surface area (TPSA) is 75.7 Å². The van der Waals surface area contributed by atoms with Gasteiger partial charge < -0.3 is 15.0 Å². The lowest BCUT2D eigenvalue weighted by Gasteiger charge is -2.22. The Morgan fingerprint density at radius 1 is 0.939 bits per heavy atom. The number of hydrogen-bond donors (Lipinski definition) is 1. The smallest absolute Gasteiger partial charge is 0.333 e. The van der Waals surface area contributed by atoms with Gasteiger partial charge in [-0.3, -0.25) is 9.59 Å². The number of nitrogens with zero attached hydrogens (tertiary/aromatic N) is 1. The molecule has 1 atom stereocenters. The number of nitrogens with one attached hydrogen (secondary N) is 1. The average Bonchev–Trinajstić information content (AvgIpc) is 2.85. The van der Waals surface area contributed by atoms with Gasteiger partial charge in [0.15, 0.2) is 12.6 Å². The second kappa shape index (κ2) is 11.6. The predicted octanol–water partition coefficient (Wildman–Crippen LogP) is 3.89. The Balaban J connectivity index is 1.67. The summed E-state index contributed by atoms with van der Waals surface area (Å²) < 4.78 is 18.7. The minimum Gasteiger partial charge on any atom is -0.454 e. The van der Waals surface area contributed by atoms with Crippen LogP contribution in [-0.4, -0.2) is 35.8 Å². The van der Waals surface area contributed by atoms with Crippen molar-refractivity contribution in [3.63, 3.8) is 0 Å². The highest BCUT2D eigenvalue weighted by Crippen LogP contribution is 2.16. The minimum atomic E-state index is -1.08. The van der Waals surface area contributed by atoms with Gasteiger partial charge in [0.2, 0.25) is 0 Å². The Bertz CT molecular complexity index is 1090. The molecule has 3 aromatic carbocycles. The van der Waals surface area contributed by atoms with Gasteiger partial charge in [-0.25, -0.2) is 9.18 Å². The zero-order valence-electron chi connectivity index (χ0n) is 18.2. The van der Waals surface area contributed by atoms with Crippen molar-refractivity contribution in [3.05, 3.63) is 107 Å². The zero-order chi connectivity index (χ0) is 23.6. The van der Waals surface area contributed by atoms with Crippen LogP contribution in [0.1, 0.15) is 34.5 Å². The van der Waals surface area contributed by atoms with Gasteiger partial charge in [0.25, 0.3) is 11.8 Å². The first-order valence-electron chi connectivity index (χ1n) is 10.6. The Morgan fingerprint density at radius 3 is 2.24 bits per heavy atom. The molecule has 0 aromatic heterocycles. The molecule has 7 heteroatoms. The summed E-state index contributed by atoms with van der Waals surface area (Å²) >= 11 is 0. The highest BCUT2D eigenvalue weighted by Gasteiger charge is 2.26. The van der Waals surface area contributed by atoms with E-state index in [2.05, 4.69) is 5.32 Å². The van der Waals surface area contributed by atoms with E-state index in [1.165, 1.54) is 17.0 Å². The maximum Gasteiger partial charge on any atom is 0.333 e. The van der Waals surface area contributed by atoms with Crippen LogP contribution in [0.25, 0.3) is 0 Å². The molecule has 33 heavy (non-hydrogen) atoms. The van der Waals surface area contributed by atoms with Gasteiger partial charge in [-0.05, 0) is 42.3 Å². The third-order valence-electron chi connectivity index (χ3n) is 5.01. The molecule has 0 saturated heterocycles. The molecular weight excluding hydrogens is 423 g/mol. The van der Waals surface area contributed by atoms with Gasteiger partial charge in [0.1, 0.15) is 5.82 Å². The van der Waals surface area contributed by atoms with Gasteiger partial charge in [-0.1, -0.05) is 60.7 Å². The van der Waals surface area contributed by atoms with Crippen LogP contribution < -0.4 is 5.32 Å². The molecule has 6 nitrogen and oxygen atoms in total. The molecule has 0 aliphatic heterocycles. The van der Waals surface area contributed by atoms with E-state index in [1.807, 2.05) is 0 Å². The van der Waals surface area contributed by atoms with Crippen molar-refractivity contribution in [2.24, 2.45) is 0 Å². The molecule has 170 valence electrons. The summed E-state index contributed by atoms with van der Waals surface area (Å²) in [5.74, 6) is -1.99. The van der Waals surface area contributed by atoms with Crippen LogP contribution in [0.3, 0.4) is 0 Å². The van der Waals surface area contributed by atoms with Crippen molar-refractivity contribution in [2.45, 2.75) is 19.5 Å². The van der Waals surface area contributed by atoms with Crippen LogP contribution in [0.4, 0.5) is 4.39 Å².